The molecule has 0 radical (unpaired) electrons. The molecule has 1 atom stereocenters. The molecule has 122 valence electrons. The minimum atomic E-state index is -0.287. The van der Waals surface area contributed by atoms with E-state index in [0.29, 0.717) is 22.4 Å². The monoisotopic (exact) mass is 350 g/mol. The number of amides is 1. The number of hydrogen-bond acceptors (Lipinski definition) is 5. The summed E-state index contributed by atoms with van der Waals surface area (Å²) in [5.74, 6) is 0.336. The number of halogens is 1. The fraction of sp³-hybridized carbons (Fsp3) is 0.312. The third-order valence-corrected chi connectivity index (χ3v) is 4.57. The molecular weight excluding hydrogens is 332 g/mol. The normalized spacial score (nSPS) is 12.0. The average Bonchev–Trinajstić information content (AvgIpc) is 2.54. The maximum atomic E-state index is 11.6. The third kappa shape index (κ3) is 4.14. The number of carbonyl (C=O) groups is 1. The highest BCUT2D eigenvalue weighted by atomic mass is 35.5. The summed E-state index contributed by atoms with van der Waals surface area (Å²) in [6.45, 7) is 3.82. The Bertz CT molecular complexity index is 706. The Hall–Kier alpha value is -1.79. The van der Waals surface area contributed by atoms with Crippen molar-refractivity contribution in [3.05, 3.63) is 35.0 Å². The van der Waals surface area contributed by atoms with Gasteiger partial charge in [-0.1, -0.05) is 42.4 Å². The minimum Gasteiger partial charge on any atom is -0.383 e. The number of hydrogen-bond donors (Lipinski definition) is 2. The number of nitrogen functional groups attached to an aromatic ring is 1. The van der Waals surface area contributed by atoms with E-state index in [1.54, 1.807) is 7.05 Å². The van der Waals surface area contributed by atoms with Gasteiger partial charge in [0.25, 0.3) is 0 Å². The van der Waals surface area contributed by atoms with Gasteiger partial charge in [0, 0.05) is 17.6 Å². The molecule has 0 aliphatic heterocycles. The molecule has 1 aromatic heterocycles. The summed E-state index contributed by atoms with van der Waals surface area (Å²) in [4.78, 5) is 20.6. The fourth-order valence-corrected chi connectivity index (χ4v) is 3.14. The van der Waals surface area contributed by atoms with E-state index >= 15 is 0 Å². The van der Waals surface area contributed by atoms with Crippen LogP contribution in [0.25, 0.3) is 11.1 Å². The molecule has 0 bridgehead atoms. The topological polar surface area (TPSA) is 80.9 Å². The molecule has 0 aliphatic rings. The van der Waals surface area contributed by atoms with E-state index in [4.69, 9.17) is 17.3 Å². The van der Waals surface area contributed by atoms with E-state index in [0.717, 1.165) is 16.8 Å². The predicted molar refractivity (Wildman–Crippen MR) is 95.7 cm³/mol. The number of rotatable bonds is 5. The number of aromatic nitrogens is 2. The van der Waals surface area contributed by atoms with Crippen molar-refractivity contribution < 1.29 is 4.79 Å². The summed E-state index contributed by atoms with van der Waals surface area (Å²) in [5.41, 5.74) is 8.76. The van der Waals surface area contributed by atoms with Crippen LogP contribution in [-0.2, 0) is 11.2 Å². The molecule has 1 aromatic carbocycles. The summed E-state index contributed by atoms with van der Waals surface area (Å²) in [6, 6.07) is 7.42. The van der Waals surface area contributed by atoms with E-state index < -0.39 is 0 Å². The summed E-state index contributed by atoms with van der Waals surface area (Å²) in [6.07, 6.45) is 0.715. The number of anilines is 1. The molecular formula is C16H19ClN4OS. The Morgan fingerprint density at radius 1 is 1.35 bits per heavy atom. The van der Waals surface area contributed by atoms with Crippen LogP contribution in [0, 0.1) is 0 Å². The first-order chi connectivity index (χ1) is 11.0. The maximum Gasteiger partial charge on any atom is 0.233 e. The second-order valence-electron chi connectivity index (χ2n) is 4.95. The molecule has 1 heterocycles. The van der Waals surface area contributed by atoms with Gasteiger partial charge in [0.15, 0.2) is 5.16 Å². The van der Waals surface area contributed by atoms with Crippen LogP contribution in [0.3, 0.4) is 0 Å². The number of aryl methyl sites for hydroxylation is 1. The summed E-state index contributed by atoms with van der Waals surface area (Å²) >= 11 is 7.23. The summed E-state index contributed by atoms with van der Waals surface area (Å²) < 4.78 is 0. The number of nitrogens with one attached hydrogen (secondary N) is 1. The molecule has 7 heteroatoms. The lowest BCUT2D eigenvalue weighted by atomic mass is 10.0. The Morgan fingerprint density at radius 2 is 2.00 bits per heavy atom. The lowest BCUT2D eigenvalue weighted by Gasteiger charge is -2.14. The smallest absolute Gasteiger partial charge is 0.233 e. The Labute approximate surface area is 145 Å². The van der Waals surface area contributed by atoms with Crippen molar-refractivity contribution in [2.45, 2.75) is 30.7 Å². The largest absolute Gasteiger partial charge is 0.383 e. The molecule has 3 N–H and O–H groups in total. The SMILES string of the molecule is CCc1nc(S[C@H](C)C(=O)NC)nc(N)c1-c1ccc(Cl)cc1. The quantitative estimate of drug-likeness (QED) is 0.639. The molecule has 23 heavy (non-hydrogen) atoms. The van der Waals surface area contributed by atoms with Crippen molar-refractivity contribution in [3.63, 3.8) is 0 Å². The highest BCUT2D eigenvalue weighted by molar-refractivity contribution is 8.00. The first-order valence-electron chi connectivity index (χ1n) is 7.26. The van der Waals surface area contributed by atoms with Crippen molar-refractivity contribution in [2.75, 3.05) is 12.8 Å². The van der Waals surface area contributed by atoms with Gasteiger partial charge in [0.1, 0.15) is 5.82 Å². The fourth-order valence-electron chi connectivity index (χ4n) is 2.16. The molecule has 0 spiro atoms. The standard InChI is InChI=1S/C16H19ClN4OS/c1-4-12-13(10-5-7-11(17)8-6-10)14(18)21-16(20-12)23-9(2)15(22)19-3/h5-9H,4H2,1-3H3,(H,19,22)(H2,18,20,21)/t9-/m1/s1. The van der Waals surface area contributed by atoms with Crippen LogP contribution in [0.1, 0.15) is 19.5 Å². The minimum absolute atomic E-state index is 0.0722. The number of carbonyl (C=O) groups excluding carboxylic acids is 1. The highest BCUT2D eigenvalue weighted by Crippen LogP contribution is 2.31. The molecule has 0 saturated heterocycles. The molecule has 1 amide bonds. The van der Waals surface area contributed by atoms with Gasteiger partial charge in [-0.15, -0.1) is 0 Å². The van der Waals surface area contributed by atoms with Crippen LogP contribution in [0.15, 0.2) is 29.4 Å². The summed E-state index contributed by atoms with van der Waals surface area (Å²) in [7, 11) is 1.61. The van der Waals surface area contributed by atoms with Crippen LogP contribution in [0.5, 0.6) is 0 Å². The van der Waals surface area contributed by atoms with Gasteiger partial charge in [-0.2, -0.15) is 0 Å². The van der Waals surface area contributed by atoms with Gasteiger partial charge in [0.05, 0.1) is 10.9 Å². The number of thioether (sulfide) groups is 1. The second kappa shape index (κ2) is 7.66. The Kier molecular flexibility index (Phi) is 5.85. The summed E-state index contributed by atoms with van der Waals surface area (Å²) in [5, 5.41) is 3.50. The van der Waals surface area contributed by atoms with Crippen LogP contribution >= 0.6 is 23.4 Å². The lowest BCUT2D eigenvalue weighted by Crippen LogP contribution is -2.27. The molecule has 2 aromatic rings. The van der Waals surface area contributed by atoms with Gasteiger partial charge in [-0.25, -0.2) is 9.97 Å². The van der Waals surface area contributed by atoms with E-state index in [1.165, 1.54) is 11.8 Å². The predicted octanol–water partition coefficient (Wildman–Crippen LogP) is 3.17. The maximum absolute atomic E-state index is 11.6. The van der Waals surface area contributed by atoms with Crippen molar-refractivity contribution in [1.29, 1.82) is 0 Å². The van der Waals surface area contributed by atoms with Crippen LogP contribution in [0.2, 0.25) is 5.02 Å². The Morgan fingerprint density at radius 3 is 2.57 bits per heavy atom. The second-order valence-corrected chi connectivity index (χ2v) is 6.69. The molecule has 2 rings (SSSR count). The average molecular weight is 351 g/mol. The van der Waals surface area contributed by atoms with Crippen molar-refractivity contribution in [2.24, 2.45) is 0 Å². The molecule has 0 aliphatic carbocycles. The van der Waals surface area contributed by atoms with Crippen molar-refractivity contribution in [1.82, 2.24) is 15.3 Å². The molecule has 0 fully saturated rings. The zero-order chi connectivity index (χ0) is 17.0. The van der Waals surface area contributed by atoms with Crippen LogP contribution in [-0.4, -0.2) is 28.2 Å². The van der Waals surface area contributed by atoms with Crippen LogP contribution < -0.4 is 11.1 Å². The van der Waals surface area contributed by atoms with Gasteiger partial charge < -0.3 is 11.1 Å². The van der Waals surface area contributed by atoms with Crippen molar-refractivity contribution in [3.8, 4) is 11.1 Å². The van der Waals surface area contributed by atoms with E-state index in [2.05, 4.69) is 15.3 Å². The first kappa shape index (κ1) is 17.6. The van der Waals surface area contributed by atoms with E-state index in [9.17, 15) is 4.79 Å². The van der Waals surface area contributed by atoms with E-state index in [1.807, 2.05) is 38.1 Å². The Balaban J connectivity index is 2.39. The van der Waals surface area contributed by atoms with Gasteiger partial charge in [0.2, 0.25) is 5.91 Å². The zero-order valence-electron chi connectivity index (χ0n) is 13.3. The van der Waals surface area contributed by atoms with Crippen LogP contribution in [0.4, 0.5) is 5.82 Å². The van der Waals surface area contributed by atoms with Gasteiger partial charge in [-0.05, 0) is 31.0 Å². The molecule has 5 nitrogen and oxygen atoms in total. The number of nitrogens with two attached hydrogens (primary N) is 1. The third-order valence-electron chi connectivity index (χ3n) is 3.36. The number of benzene rings is 1. The van der Waals surface area contributed by atoms with Gasteiger partial charge >= 0.3 is 0 Å². The zero-order valence-corrected chi connectivity index (χ0v) is 14.8. The van der Waals surface area contributed by atoms with Crippen molar-refractivity contribution >= 4 is 35.1 Å². The lowest BCUT2D eigenvalue weighted by molar-refractivity contribution is -0.119. The molecule has 0 unspecified atom stereocenters. The number of nitrogens with zero attached hydrogens (tertiary/aromatic N) is 2. The first-order valence-corrected chi connectivity index (χ1v) is 8.52. The highest BCUT2D eigenvalue weighted by Gasteiger charge is 2.18. The van der Waals surface area contributed by atoms with Gasteiger partial charge in [-0.3, -0.25) is 4.79 Å². The molecule has 0 saturated carbocycles. The van der Waals surface area contributed by atoms with E-state index in [-0.39, 0.29) is 11.2 Å².